The van der Waals surface area contributed by atoms with Crippen LogP contribution in [-0.2, 0) is 17.3 Å². The predicted molar refractivity (Wildman–Crippen MR) is 96.7 cm³/mol. The van der Waals surface area contributed by atoms with Gasteiger partial charge in [0, 0.05) is 24.4 Å². The van der Waals surface area contributed by atoms with Gasteiger partial charge in [-0.3, -0.25) is 4.68 Å². The van der Waals surface area contributed by atoms with Crippen LogP contribution in [0.5, 0.6) is 0 Å². The van der Waals surface area contributed by atoms with Crippen LogP contribution >= 0.6 is 12.2 Å². The Morgan fingerprint density at radius 3 is 2.54 bits per heavy atom. The topological polar surface area (TPSA) is 39.1 Å². The van der Waals surface area contributed by atoms with Gasteiger partial charge >= 0.3 is 5.92 Å². The molecule has 1 saturated heterocycles. The van der Waals surface area contributed by atoms with Crippen molar-refractivity contribution in [2.24, 2.45) is 7.05 Å². The lowest BCUT2D eigenvalue weighted by Gasteiger charge is -2.44. The van der Waals surface area contributed by atoms with E-state index < -0.39 is 22.9 Å². The third kappa shape index (κ3) is 2.72. The Hall–Kier alpha value is -1.93. The second kappa shape index (κ2) is 6.06. The molecule has 1 aromatic heterocycles. The van der Waals surface area contributed by atoms with Crippen molar-refractivity contribution in [3.05, 3.63) is 41.8 Å². The number of hydrogen-bond donors (Lipinski definition) is 1. The number of benzene rings is 1. The van der Waals surface area contributed by atoms with Crippen molar-refractivity contribution < 1.29 is 17.9 Å². The van der Waals surface area contributed by atoms with Gasteiger partial charge in [0.1, 0.15) is 21.9 Å². The van der Waals surface area contributed by atoms with Gasteiger partial charge in [0.2, 0.25) is 0 Å². The van der Waals surface area contributed by atoms with Gasteiger partial charge in [-0.25, -0.2) is 13.2 Å². The number of nitrogens with one attached hydrogen (secondary N) is 1. The molecule has 8 heteroatoms. The molecule has 0 unspecified atom stereocenters. The lowest BCUT2D eigenvalue weighted by atomic mass is 9.77. The molecular formula is C18H20F3N3OS. The maximum atomic E-state index is 15.5. The number of aromatic nitrogens is 2. The first-order valence-corrected chi connectivity index (χ1v) is 8.51. The van der Waals surface area contributed by atoms with E-state index in [1.807, 2.05) is 0 Å². The quantitative estimate of drug-likeness (QED) is 0.801. The molecule has 1 atom stereocenters. The number of nitrogens with zero attached hydrogens (tertiary/aromatic N) is 2. The Bertz CT molecular complexity index is 865. The molecule has 0 bridgehead atoms. The van der Waals surface area contributed by atoms with Crippen molar-refractivity contribution in [3.63, 3.8) is 0 Å². The Labute approximate surface area is 155 Å². The van der Waals surface area contributed by atoms with Gasteiger partial charge in [0.15, 0.2) is 0 Å². The fourth-order valence-electron chi connectivity index (χ4n) is 3.29. The van der Waals surface area contributed by atoms with Crippen LogP contribution in [0.2, 0.25) is 0 Å². The summed E-state index contributed by atoms with van der Waals surface area (Å²) >= 11 is 5.12. The third-order valence-electron chi connectivity index (χ3n) is 4.96. The van der Waals surface area contributed by atoms with Gasteiger partial charge < -0.3 is 10.1 Å². The Morgan fingerprint density at radius 1 is 1.23 bits per heavy atom. The summed E-state index contributed by atoms with van der Waals surface area (Å²) in [6.07, 6.45) is 1.59. The minimum Gasteiger partial charge on any atom is -0.363 e. The molecule has 0 radical (unpaired) electrons. The van der Waals surface area contributed by atoms with Crippen molar-refractivity contribution in [2.75, 3.05) is 6.61 Å². The largest absolute Gasteiger partial charge is 0.363 e. The molecule has 4 nitrogen and oxygen atoms in total. The fraction of sp³-hybridized carbons (Fsp3) is 0.444. The first-order valence-electron chi connectivity index (χ1n) is 8.11. The van der Waals surface area contributed by atoms with Crippen LogP contribution in [0, 0.1) is 5.82 Å². The van der Waals surface area contributed by atoms with E-state index >= 15 is 8.78 Å². The number of halogens is 3. The highest BCUT2D eigenvalue weighted by atomic mass is 32.1. The minimum absolute atomic E-state index is 0.100. The number of aryl methyl sites for hydroxylation is 1. The SMILES string of the molecule is Cn1nccc1-c1ccc(F)c([C@@]2(C)NC(=S)COC(C)(C)C2(F)F)c1. The zero-order chi connectivity index (χ0) is 19.3. The standard InChI is InChI=1S/C18H20F3N3OS/c1-16(2)18(20,21)17(3,23-15(26)10-25-16)12-9-11(5-6-13(12)19)14-7-8-22-24(14)4/h5-9H,10H2,1-4H3,(H,23,26)/t17-/m1/s1. The lowest BCUT2D eigenvalue weighted by Crippen LogP contribution is -2.62. The summed E-state index contributed by atoms with van der Waals surface area (Å²) in [6, 6.07) is 5.86. The van der Waals surface area contributed by atoms with E-state index in [1.54, 1.807) is 24.0 Å². The van der Waals surface area contributed by atoms with Crippen LogP contribution in [-0.4, -0.2) is 32.9 Å². The highest BCUT2D eigenvalue weighted by molar-refractivity contribution is 7.80. The Balaban J connectivity index is 2.22. The number of alkyl halides is 2. The first-order chi connectivity index (χ1) is 12.0. The molecule has 1 N–H and O–H groups in total. The van der Waals surface area contributed by atoms with Crippen molar-refractivity contribution in [2.45, 2.75) is 37.8 Å². The molecule has 3 rings (SSSR count). The van der Waals surface area contributed by atoms with E-state index in [2.05, 4.69) is 10.4 Å². The van der Waals surface area contributed by atoms with E-state index in [9.17, 15) is 4.39 Å². The maximum absolute atomic E-state index is 15.5. The number of ether oxygens (including phenoxy) is 1. The molecule has 0 amide bonds. The van der Waals surface area contributed by atoms with Gasteiger partial charge in [0.05, 0.1) is 12.3 Å². The van der Waals surface area contributed by atoms with E-state index in [0.29, 0.717) is 11.3 Å². The van der Waals surface area contributed by atoms with Crippen LogP contribution in [0.15, 0.2) is 30.5 Å². The van der Waals surface area contributed by atoms with Gasteiger partial charge in [-0.15, -0.1) is 0 Å². The molecule has 0 aliphatic carbocycles. The lowest BCUT2D eigenvalue weighted by molar-refractivity contribution is -0.216. The molecule has 2 heterocycles. The summed E-state index contributed by atoms with van der Waals surface area (Å²) in [5.41, 5.74) is -2.84. The molecule has 1 fully saturated rings. The summed E-state index contributed by atoms with van der Waals surface area (Å²) < 4.78 is 52.5. The average Bonchev–Trinajstić information content (AvgIpc) is 2.96. The molecule has 0 saturated carbocycles. The van der Waals surface area contributed by atoms with Gasteiger partial charge in [-0.1, -0.05) is 12.2 Å². The highest BCUT2D eigenvalue weighted by Crippen LogP contribution is 2.48. The summed E-state index contributed by atoms with van der Waals surface area (Å²) in [4.78, 5) is 0.100. The summed E-state index contributed by atoms with van der Waals surface area (Å²) in [5, 5.41) is 6.71. The second-order valence-electron chi connectivity index (χ2n) is 7.08. The smallest absolute Gasteiger partial charge is 0.302 e. The van der Waals surface area contributed by atoms with E-state index in [-0.39, 0.29) is 17.2 Å². The molecule has 2 aromatic rings. The van der Waals surface area contributed by atoms with Gasteiger partial charge in [-0.05, 0) is 45.0 Å². The summed E-state index contributed by atoms with van der Waals surface area (Å²) in [7, 11) is 1.73. The van der Waals surface area contributed by atoms with Gasteiger partial charge in [0.25, 0.3) is 0 Å². The minimum atomic E-state index is -3.45. The van der Waals surface area contributed by atoms with Crippen LogP contribution < -0.4 is 5.32 Å². The molecular weight excluding hydrogens is 363 g/mol. The molecule has 26 heavy (non-hydrogen) atoms. The average molecular weight is 383 g/mol. The second-order valence-corrected chi connectivity index (χ2v) is 7.57. The molecule has 0 spiro atoms. The van der Waals surface area contributed by atoms with Crippen molar-refractivity contribution in [1.29, 1.82) is 0 Å². The highest BCUT2D eigenvalue weighted by Gasteiger charge is 2.64. The zero-order valence-electron chi connectivity index (χ0n) is 14.9. The number of hydrogen-bond acceptors (Lipinski definition) is 3. The molecule has 1 aliphatic heterocycles. The van der Waals surface area contributed by atoms with E-state index in [4.69, 9.17) is 17.0 Å². The molecule has 1 aliphatic rings. The number of rotatable bonds is 2. The van der Waals surface area contributed by atoms with Crippen LogP contribution in [0.1, 0.15) is 26.3 Å². The molecule has 140 valence electrons. The Morgan fingerprint density at radius 2 is 1.92 bits per heavy atom. The van der Waals surface area contributed by atoms with Crippen molar-refractivity contribution in [3.8, 4) is 11.3 Å². The maximum Gasteiger partial charge on any atom is 0.302 e. The normalized spacial score (nSPS) is 24.8. The Kier molecular flexibility index (Phi) is 4.39. The zero-order valence-corrected chi connectivity index (χ0v) is 15.8. The molecule has 1 aromatic carbocycles. The first kappa shape index (κ1) is 18.8. The van der Waals surface area contributed by atoms with Crippen molar-refractivity contribution in [1.82, 2.24) is 15.1 Å². The monoisotopic (exact) mass is 383 g/mol. The van der Waals surface area contributed by atoms with Gasteiger partial charge in [-0.2, -0.15) is 5.10 Å². The van der Waals surface area contributed by atoms with Crippen LogP contribution in [0.25, 0.3) is 11.3 Å². The summed E-state index contributed by atoms with van der Waals surface area (Å²) in [6.45, 7) is 3.66. The van der Waals surface area contributed by atoms with Crippen molar-refractivity contribution >= 4 is 17.2 Å². The predicted octanol–water partition coefficient (Wildman–Crippen LogP) is 3.80. The third-order valence-corrected chi connectivity index (χ3v) is 5.18. The van der Waals surface area contributed by atoms with Crippen LogP contribution in [0.4, 0.5) is 13.2 Å². The number of thiocarbonyl (C=S) groups is 1. The fourth-order valence-corrected chi connectivity index (χ4v) is 3.56. The van der Waals surface area contributed by atoms with Crippen LogP contribution in [0.3, 0.4) is 0 Å². The van der Waals surface area contributed by atoms with E-state index in [1.165, 1.54) is 39.0 Å². The van der Waals surface area contributed by atoms with E-state index in [0.717, 1.165) is 0 Å². The summed E-state index contributed by atoms with van der Waals surface area (Å²) in [5.74, 6) is -4.20.